The Bertz CT molecular complexity index is 930. The number of anilines is 1. The third-order valence-electron chi connectivity index (χ3n) is 4.62. The SMILES string of the molecule is Cc1cccc(CNc2c3c(nc4ccccc24)CCCC3=O)c1. The molecule has 4 rings (SSSR count). The Morgan fingerprint density at radius 2 is 1.96 bits per heavy atom. The van der Waals surface area contributed by atoms with Crippen molar-refractivity contribution in [1.29, 1.82) is 0 Å². The molecule has 3 nitrogen and oxygen atoms in total. The van der Waals surface area contributed by atoms with Crippen LogP contribution in [-0.2, 0) is 13.0 Å². The number of hydrogen-bond donors (Lipinski definition) is 1. The normalized spacial score (nSPS) is 13.8. The number of aromatic nitrogens is 1. The van der Waals surface area contributed by atoms with E-state index in [2.05, 4.69) is 36.5 Å². The van der Waals surface area contributed by atoms with Crippen LogP contribution in [-0.4, -0.2) is 10.8 Å². The van der Waals surface area contributed by atoms with Crippen LogP contribution in [0.5, 0.6) is 0 Å². The highest BCUT2D eigenvalue weighted by molar-refractivity contribution is 6.09. The van der Waals surface area contributed by atoms with E-state index in [1.807, 2.05) is 24.3 Å². The number of aryl methyl sites for hydroxylation is 2. The summed E-state index contributed by atoms with van der Waals surface area (Å²) in [6, 6.07) is 16.5. The topological polar surface area (TPSA) is 42.0 Å². The Hall–Kier alpha value is -2.68. The van der Waals surface area contributed by atoms with Crippen molar-refractivity contribution < 1.29 is 4.79 Å². The minimum Gasteiger partial charge on any atom is -0.380 e. The quantitative estimate of drug-likeness (QED) is 0.763. The van der Waals surface area contributed by atoms with Gasteiger partial charge in [-0.15, -0.1) is 0 Å². The average molecular weight is 316 g/mol. The third kappa shape index (κ3) is 2.67. The number of para-hydroxylation sites is 1. The number of pyridine rings is 1. The van der Waals surface area contributed by atoms with Crippen LogP contribution in [0.2, 0.25) is 0 Å². The molecule has 0 radical (unpaired) electrons. The second kappa shape index (κ2) is 6.08. The number of ketones is 1. The summed E-state index contributed by atoms with van der Waals surface area (Å²) in [5, 5.41) is 4.56. The van der Waals surface area contributed by atoms with Crippen LogP contribution in [0.4, 0.5) is 5.69 Å². The van der Waals surface area contributed by atoms with Crippen molar-refractivity contribution in [2.24, 2.45) is 0 Å². The van der Waals surface area contributed by atoms with Crippen molar-refractivity contribution in [2.45, 2.75) is 32.7 Å². The largest absolute Gasteiger partial charge is 0.380 e. The molecule has 1 N–H and O–H groups in total. The van der Waals surface area contributed by atoms with Crippen molar-refractivity contribution in [1.82, 2.24) is 4.98 Å². The molecule has 0 atom stereocenters. The standard InChI is InChI=1S/C21H20N2O/c1-14-6-4-7-15(12-14)13-22-21-16-8-2-3-9-17(16)23-18-10-5-11-19(24)20(18)21/h2-4,6-9,12H,5,10-11,13H2,1H3,(H,22,23). The van der Waals surface area contributed by atoms with Gasteiger partial charge in [-0.1, -0.05) is 48.0 Å². The van der Waals surface area contributed by atoms with Crippen molar-refractivity contribution in [2.75, 3.05) is 5.32 Å². The first-order chi connectivity index (χ1) is 11.7. The van der Waals surface area contributed by atoms with Gasteiger partial charge in [0.1, 0.15) is 0 Å². The van der Waals surface area contributed by atoms with E-state index in [0.29, 0.717) is 13.0 Å². The van der Waals surface area contributed by atoms with Crippen LogP contribution < -0.4 is 5.32 Å². The molecule has 0 fully saturated rings. The van der Waals surface area contributed by atoms with Gasteiger partial charge in [0.15, 0.2) is 5.78 Å². The summed E-state index contributed by atoms with van der Waals surface area (Å²) >= 11 is 0. The fourth-order valence-corrected chi connectivity index (χ4v) is 3.48. The van der Waals surface area contributed by atoms with Gasteiger partial charge in [0.05, 0.1) is 22.5 Å². The van der Waals surface area contributed by atoms with Gasteiger partial charge in [-0.2, -0.15) is 0 Å². The molecule has 0 amide bonds. The highest BCUT2D eigenvalue weighted by Crippen LogP contribution is 2.33. The van der Waals surface area contributed by atoms with Crippen molar-refractivity contribution >= 4 is 22.4 Å². The minimum absolute atomic E-state index is 0.209. The highest BCUT2D eigenvalue weighted by atomic mass is 16.1. The lowest BCUT2D eigenvalue weighted by molar-refractivity contribution is 0.0972. The molecule has 0 spiro atoms. The first kappa shape index (κ1) is 14.9. The predicted molar refractivity (Wildman–Crippen MR) is 97.5 cm³/mol. The molecule has 1 heterocycles. The highest BCUT2D eigenvalue weighted by Gasteiger charge is 2.24. The van der Waals surface area contributed by atoms with Crippen LogP contribution in [0.25, 0.3) is 10.9 Å². The molecule has 3 aromatic rings. The van der Waals surface area contributed by atoms with Crippen LogP contribution in [0.3, 0.4) is 0 Å². The smallest absolute Gasteiger partial charge is 0.166 e. The monoisotopic (exact) mass is 316 g/mol. The van der Waals surface area contributed by atoms with Gasteiger partial charge in [0.2, 0.25) is 0 Å². The molecule has 0 bridgehead atoms. The fourth-order valence-electron chi connectivity index (χ4n) is 3.48. The first-order valence-electron chi connectivity index (χ1n) is 8.46. The lowest BCUT2D eigenvalue weighted by atomic mass is 9.91. The zero-order valence-corrected chi connectivity index (χ0v) is 13.8. The molecule has 0 saturated heterocycles. The summed E-state index contributed by atoms with van der Waals surface area (Å²) in [5.41, 5.74) is 6.10. The van der Waals surface area contributed by atoms with E-state index >= 15 is 0 Å². The summed E-state index contributed by atoms with van der Waals surface area (Å²) in [5.74, 6) is 0.209. The van der Waals surface area contributed by atoms with Crippen molar-refractivity contribution in [3.8, 4) is 0 Å². The van der Waals surface area contributed by atoms with E-state index < -0.39 is 0 Å². The van der Waals surface area contributed by atoms with Gasteiger partial charge in [-0.25, -0.2) is 0 Å². The number of carbonyl (C=O) groups is 1. The fraction of sp³-hybridized carbons (Fsp3) is 0.238. The molecule has 1 aromatic heterocycles. The number of nitrogens with one attached hydrogen (secondary N) is 1. The molecule has 120 valence electrons. The third-order valence-corrected chi connectivity index (χ3v) is 4.62. The maximum Gasteiger partial charge on any atom is 0.166 e. The first-order valence-corrected chi connectivity index (χ1v) is 8.46. The van der Waals surface area contributed by atoms with E-state index in [9.17, 15) is 4.79 Å². The molecule has 1 aliphatic rings. The van der Waals surface area contributed by atoms with Crippen LogP contribution in [0.1, 0.15) is 40.0 Å². The van der Waals surface area contributed by atoms with Crippen LogP contribution in [0.15, 0.2) is 48.5 Å². The van der Waals surface area contributed by atoms with Crippen molar-refractivity contribution in [3.05, 3.63) is 70.9 Å². The molecule has 24 heavy (non-hydrogen) atoms. The zero-order chi connectivity index (χ0) is 16.5. The Balaban J connectivity index is 1.80. The maximum absolute atomic E-state index is 12.5. The van der Waals surface area contributed by atoms with E-state index in [1.165, 1.54) is 11.1 Å². The predicted octanol–water partition coefficient (Wildman–Crippen LogP) is 4.67. The number of benzene rings is 2. The number of fused-ring (bicyclic) bond motifs is 2. The second-order valence-corrected chi connectivity index (χ2v) is 6.44. The number of hydrogen-bond acceptors (Lipinski definition) is 3. The minimum atomic E-state index is 0.209. The molecular weight excluding hydrogens is 296 g/mol. The van der Waals surface area contributed by atoms with E-state index in [1.54, 1.807) is 0 Å². The summed E-state index contributed by atoms with van der Waals surface area (Å²) in [6.07, 6.45) is 2.39. The molecule has 3 heteroatoms. The van der Waals surface area contributed by atoms with Crippen LogP contribution in [0, 0.1) is 6.92 Å². The summed E-state index contributed by atoms with van der Waals surface area (Å²) in [7, 11) is 0. The summed E-state index contributed by atoms with van der Waals surface area (Å²) in [4.78, 5) is 17.3. The average Bonchev–Trinajstić information content (AvgIpc) is 2.59. The zero-order valence-electron chi connectivity index (χ0n) is 13.8. The number of carbonyl (C=O) groups excluding carboxylic acids is 1. The maximum atomic E-state index is 12.5. The Kier molecular flexibility index (Phi) is 3.77. The number of nitrogens with zero attached hydrogens (tertiary/aromatic N) is 1. The Labute approximate surface area is 141 Å². The summed E-state index contributed by atoms with van der Waals surface area (Å²) in [6.45, 7) is 2.80. The van der Waals surface area contributed by atoms with E-state index in [0.717, 1.165) is 40.7 Å². The lowest BCUT2D eigenvalue weighted by Gasteiger charge is -2.21. The van der Waals surface area contributed by atoms with Gasteiger partial charge in [0, 0.05) is 18.4 Å². The van der Waals surface area contributed by atoms with Crippen molar-refractivity contribution in [3.63, 3.8) is 0 Å². The van der Waals surface area contributed by atoms with Gasteiger partial charge in [-0.3, -0.25) is 9.78 Å². The molecule has 2 aromatic carbocycles. The van der Waals surface area contributed by atoms with Gasteiger partial charge >= 0.3 is 0 Å². The second-order valence-electron chi connectivity index (χ2n) is 6.44. The van der Waals surface area contributed by atoms with E-state index in [4.69, 9.17) is 4.98 Å². The van der Waals surface area contributed by atoms with E-state index in [-0.39, 0.29) is 5.78 Å². The Morgan fingerprint density at radius 1 is 1.08 bits per heavy atom. The number of Topliss-reactive ketones (excluding diaryl/α,β-unsaturated/α-hetero) is 1. The number of rotatable bonds is 3. The Morgan fingerprint density at radius 3 is 2.83 bits per heavy atom. The molecule has 0 aliphatic heterocycles. The molecule has 0 saturated carbocycles. The lowest BCUT2D eigenvalue weighted by Crippen LogP contribution is -2.16. The molecular formula is C21H20N2O. The molecule has 0 unspecified atom stereocenters. The van der Waals surface area contributed by atoms with Crippen LogP contribution >= 0.6 is 0 Å². The molecule has 1 aliphatic carbocycles. The van der Waals surface area contributed by atoms with Gasteiger partial charge < -0.3 is 5.32 Å². The summed E-state index contributed by atoms with van der Waals surface area (Å²) < 4.78 is 0. The van der Waals surface area contributed by atoms with Gasteiger partial charge in [0.25, 0.3) is 0 Å². The van der Waals surface area contributed by atoms with Gasteiger partial charge in [-0.05, 0) is 31.4 Å².